The van der Waals surface area contributed by atoms with Gasteiger partial charge in [-0.15, -0.1) is 0 Å². The number of aryl methyl sites for hydroxylation is 1. The lowest BCUT2D eigenvalue weighted by Gasteiger charge is -2.19. The summed E-state index contributed by atoms with van der Waals surface area (Å²) in [5, 5.41) is 4.36. The fourth-order valence-corrected chi connectivity index (χ4v) is 6.05. The summed E-state index contributed by atoms with van der Waals surface area (Å²) in [5.74, 6) is -0.459. The maximum atomic E-state index is 13.7. The molecule has 0 unspecified atom stereocenters. The molecular weight excluding hydrogens is 514 g/mol. The summed E-state index contributed by atoms with van der Waals surface area (Å²) >= 11 is 13.5. The second-order valence-corrected chi connectivity index (χ2v) is 10.5. The van der Waals surface area contributed by atoms with E-state index in [-0.39, 0.29) is 46.9 Å². The summed E-state index contributed by atoms with van der Waals surface area (Å²) in [4.78, 5) is 35.5. The third-order valence-corrected chi connectivity index (χ3v) is 8.54. The number of carbonyl (C=O) groups excluding carboxylic acids is 2. The topological polar surface area (TPSA) is 87.3 Å². The minimum atomic E-state index is -0.422. The molecule has 0 radical (unpaired) electrons. The molecule has 2 aromatic heterocycles. The molecule has 3 heterocycles. The Morgan fingerprint density at radius 3 is 2.66 bits per heavy atom. The highest BCUT2D eigenvalue weighted by atomic mass is 35.5. The number of anilines is 1. The molecule has 3 aromatic rings. The van der Waals surface area contributed by atoms with Crippen LogP contribution in [0.15, 0.2) is 24.3 Å². The van der Waals surface area contributed by atoms with Crippen LogP contribution >= 0.6 is 34.5 Å². The normalized spacial score (nSPS) is 20.6. The number of carbonyl (C=O) groups is 2. The molecule has 1 aromatic carbocycles. The number of halogens is 3. The largest absolute Gasteiger partial charge is 0.462 e. The minimum Gasteiger partial charge on any atom is -0.462 e. The summed E-state index contributed by atoms with van der Waals surface area (Å²) in [6, 6.07) is 6.32. The van der Waals surface area contributed by atoms with Crippen LogP contribution < -0.4 is 10.2 Å². The van der Waals surface area contributed by atoms with Gasteiger partial charge in [0.25, 0.3) is 5.91 Å². The number of fused-ring (bicyclic) bond motifs is 1. The number of ether oxygens (including phenoxy) is 1. The molecule has 2 N–H and O–H groups in total. The Bertz CT molecular complexity index is 1300. The van der Waals surface area contributed by atoms with Crippen molar-refractivity contribution in [3.8, 4) is 0 Å². The lowest BCUT2D eigenvalue weighted by Crippen LogP contribution is -2.34. The van der Waals surface area contributed by atoms with Crippen molar-refractivity contribution in [2.45, 2.75) is 26.3 Å². The molecule has 0 bridgehead atoms. The lowest BCUT2D eigenvalue weighted by molar-refractivity contribution is 0.0530. The van der Waals surface area contributed by atoms with E-state index in [1.807, 2.05) is 0 Å². The first kappa shape index (κ1) is 24.1. The summed E-state index contributed by atoms with van der Waals surface area (Å²) in [5.41, 5.74) is 2.24. The van der Waals surface area contributed by atoms with Crippen LogP contribution in [-0.2, 0) is 11.2 Å². The zero-order valence-corrected chi connectivity index (χ0v) is 21.4. The third kappa shape index (κ3) is 4.64. The monoisotopic (exact) mass is 536 g/mol. The van der Waals surface area contributed by atoms with Crippen molar-refractivity contribution in [1.29, 1.82) is 0 Å². The van der Waals surface area contributed by atoms with Gasteiger partial charge in [0.2, 0.25) is 0 Å². The van der Waals surface area contributed by atoms with Gasteiger partial charge in [-0.1, -0.05) is 46.7 Å². The van der Waals surface area contributed by atoms with Crippen molar-refractivity contribution >= 4 is 51.5 Å². The second kappa shape index (κ2) is 9.44. The van der Waals surface area contributed by atoms with Gasteiger partial charge in [0, 0.05) is 43.1 Å². The van der Waals surface area contributed by atoms with Crippen molar-refractivity contribution in [1.82, 2.24) is 15.3 Å². The number of rotatable bonds is 7. The molecule has 1 aliphatic carbocycles. The average molecular weight is 537 g/mol. The molecule has 35 heavy (non-hydrogen) atoms. The minimum absolute atomic E-state index is 0.0495. The molecular formula is C24H23Cl2FN4O3S. The van der Waals surface area contributed by atoms with Crippen molar-refractivity contribution in [2.24, 2.45) is 11.8 Å². The number of hydrogen-bond donors (Lipinski definition) is 2. The number of benzene rings is 1. The number of aromatic nitrogens is 2. The maximum absolute atomic E-state index is 13.7. The van der Waals surface area contributed by atoms with E-state index < -0.39 is 5.97 Å². The number of nitrogens with one attached hydrogen (secondary N) is 2. The van der Waals surface area contributed by atoms with Gasteiger partial charge in [-0.25, -0.2) is 14.2 Å². The van der Waals surface area contributed by atoms with Crippen LogP contribution in [0, 0.1) is 24.6 Å². The number of amides is 1. The zero-order chi connectivity index (χ0) is 24.9. The molecule has 2 aliphatic rings. The summed E-state index contributed by atoms with van der Waals surface area (Å²) < 4.78 is 18.9. The van der Waals surface area contributed by atoms with Crippen molar-refractivity contribution in [2.75, 3.05) is 24.6 Å². The van der Waals surface area contributed by atoms with E-state index in [9.17, 15) is 14.0 Å². The Hall–Kier alpha value is -2.62. The molecule has 1 amide bonds. The Morgan fingerprint density at radius 1 is 1.29 bits per heavy atom. The molecule has 2 fully saturated rings. The molecule has 3 atom stereocenters. The molecule has 7 nitrogen and oxygen atoms in total. The third-order valence-electron chi connectivity index (χ3n) is 6.45. The van der Waals surface area contributed by atoms with E-state index in [1.54, 1.807) is 26.0 Å². The number of thiazole rings is 1. The van der Waals surface area contributed by atoms with E-state index in [2.05, 4.69) is 15.2 Å². The van der Waals surface area contributed by atoms with E-state index in [0.29, 0.717) is 40.8 Å². The van der Waals surface area contributed by atoms with E-state index in [1.165, 1.54) is 23.5 Å². The highest BCUT2D eigenvalue weighted by Crippen LogP contribution is 2.48. The molecule has 5 rings (SSSR count). The molecule has 0 spiro atoms. The van der Waals surface area contributed by atoms with Crippen molar-refractivity contribution in [3.63, 3.8) is 0 Å². The van der Waals surface area contributed by atoms with Gasteiger partial charge < -0.3 is 19.9 Å². The Kier molecular flexibility index (Phi) is 6.50. The smallest absolute Gasteiger partial charge is 0.350 e. The molecule has 1 saturated carbocycles. The first-order valence-corrected chi connectivity index (χ1v) is 12.8. The Balaban J connectivity index is 1.27. The molecule has 184 valence electrons. The van der Waals surface area contributed by atoms with Gasteiger partial charge in [0.15, 0.2) is 5.13 Å². The number of nitrogens with zero attached hydrogens (tertiary/aromatic N) is 2. The molecule has 11 heteroatoms. The fraction of sp³-hybridized carbons (Fsp3) is 0.375. The predicted octanol–water partition coefficient (Wildman–Crippen LogP) is 4.86. The first-order valence-electron chi connectivity index (χ1n) is 11.3. The highest BCUT2D eigenvalue weighted by molar-refractivity contribution is 7.17. The molecule has 1 saturated heterocycles. The van der Waals surface area contributed by atoms with Crippen molar-refractivity contribution < 1.29 is 18.7 Å². The van der Waals surface area contributed by atoms with Crippen LogP contribution in [0.1, 0.15) is 44.0 Å². The summed E-state index contributed by atoms with van der Waals surface area (Å²) in [6.07, 6.45) is 0.334. The number of H-pyrrole nitrogens is 1. The average Bonchev–Trinajstić information content (AvgIpc) is 3.18. The van der Waals surface area contributed by atoms with E-state index >= 15 is 0 Å². The van der Waals surface area contributed by atoms with Crippen LogP contribution in [0.3, 0.4) is 0 Å². The summed E-state index contributed by atoms with van der Waals surface area (Å²) in [7, 11) is 0. The SMILES string of the molecule is CCOC(=O)c1sc(N2C[C@@H]3[C@H](C2)[C@H]3NC(=O)c2[nH]c(C)c(Cl)c2Cl)nc1Cc1cccc(F)c1. The van der Waals surface area contributed by atoms with Gasteiger partial charge in [-0.2, -0.15) is 0 Å². The summed E-state index contributed by atoms with van der Waals surface area (Å²) in [6.45, 7) is 5.20. The first-order chi connectivity index (χ1) is 16.8. The van der Waals surface area contributed by atoms with Gasteiger partial charge in [0.05, 0.1) is 22.3 Å². The predicted molar refractivity (Wildman–Crippen MR) is 133 cm³/mol. The van der Waals surface area contributed by atoms with Gasteiger partial charge in [-0.05, 0) is 31.5 Å². The fourth-order valence-electron chi connectivity index (χ4n) is 4.64. The highest BCUT2D eigenvalue weighted by Gasteiger charge is 2.57. The van der Waals surface area contributed by atoms with Crippen LogP contribution in [0.2, 0.25) is 10.0 Å². The zero-order valence-electron chi connectivity index (χ0n) is 19.0. The second-order valence-electron chi connectivity index (χ2n) is 8.78. The van der Waals surface area contributed by atoms with E-state index in [0.717, 1.165) is 10.7 Å². The van der Waals surface area contributed by atoms with Crippen LogP contribution in [0.5, 0.6) is 0 Å². The van der Waals surface area contributed by atoms with Crippen LogP contribution in [-0.4, -0.2) is 47.6 Å². The number of hydrogen-bond acceptors (Lipinski definition) is 6. The number of piperidine rings is 1. The van der Waals surface area contributed by atoms with Crippen LogP contribution in [0.4, 0.5) is 9.52 Å². The van der Waals surface area contributed by atoms with E-state index in [4.69, 9.17) is 32.9 Å². The van der Waals surface area contributed by atoms with Gasteiger partial charge in [0.1, 0.15) is 16.4 Å². The van der Waals surface area contributed by atoms with Crippen molar-refractivity contribution in [3.05, 3.63) is 67.7 Å². The van der Waals surface area contributed by atoms with Gasteiger partial charge in [-0.3, -0.25) is 4.79 Å². The Labute approximate surface area is 215 Å². The Morgan fingerprint density at radius 2 is 2.03 bits per heavy atom. The quantitative estimate of drug-likeness (QED) is 0.421. The lowest BCUT2D eigenvalue weighted by atomic mass is 10.1. The number of aromatic amines is 1. The standard InChI is InChI=1S/C24H23Cl2FN4O3S/c1-3-34-23(33)21-16(8-12-5-4-6-13(27)7-12)29-24(35-21)31-9-14-15(10-31)19(14)30-22(32)20-18(26)17(25)11(2)28-20/h4-7,14-15,19,28H,3,8-10H2,1-2H3,(H,30,32)/t14-,15+,19+. The number of esters is 1. The molecule has 1 aliphatic heterocycles. The maximum Gasteiger partial charge on any atom is 0.350 e. The van der Waals surface area contributed by atoms with Crippen LogP contribution in [0.25, 0.3) is 0 Å². The van der Waals surface area contributed by atoms with Gasteiger partial charge >= 0.3 is 5.97 Å².